The fourth-order valence-electron chi connectivity index (χ4n) is 2.08. The topological polar surface area (TPSA) is 34.5 Å². The monoisotopic (exact) mass is 280 g/mol. The van der Waals surface area contributed by atoms with Gasteiger partial charge < -0.3 is 4.57 Å². The van der Waals surface area contributed by atoms with Crippen molar-refractivity contribution in [3.8, 4) is 0 Å². The molecule has 0 radical (unpaired) electrons. The van der Waals surface area contributed by atoms with Gasteiger partial charge in [0, 0.05) is 36.6 Å². The smallest absolute Gasteiger partial charge is 0.279 e. The fraction of sp³-hybridized carbons (Fsp3) is 0.357. The highest BCUT2D eigenvalue weighted by Gasteiger charge is 2.18. The summed E-state index contributed by atoms with van der Waals surface area (Å²) < 4.78 is 2.06. The maximum atomic E-state index is 12.2. The Kier molecular flexibility index (Phi) is 4.45. The number of fused-ring (bicyclic) bond motifs is 1. The van der Waals surface area contributed by atoms with Crippen molar-refractivity contribution in [1.29, 1.82) is 0 Å². The van der Waals surface area contributed by atoms with E-state index in [9.17, 15) is 4.79 Å². The molecule has 0 N–H and O–H groups in total. The van der Waals surface area contributed by atoms with E-state index in [4.69, 9.17) is 16.4 Å². The second-order valence-electron chi connectivity index (χ2n) is 4.28. The zero-order chi connectivity index (χ0) is 13.8. The number of alkyl halides is 1. The molecule has 102 valence electrons. The van der Waals surface area contributed by atoms with Crippen LogP contribution in [0, 0.1) is 0 Å². The number of benzene rings is 1. The van der Waals surface area contributed by atoms with E-state index in [2.05, 4.69) is 4.57 Å². The second kappa shape index (κ2) is 6.08. The summed E-state index contributed by atoms with van der Waals surface area (Å²) in [6, 6.07) is 7.85. The molecule has 2 rings (SSSR count). The average Bonchev–Trinajstić information content (AvgIpc) is 2.82. The molecule has 1 aromatic carbocycles. The molecule has 0 aliphatic rings. The SMILES string of the molecule is CON(C)C(=O)c1cn(CCCCl)c2ccccc12. The van der Waals surface area contributed by atoms with Crippen LogP contribution in [0.2, 0.25) is 0 Å². The number of hydroxylamine groups is 2. The van der Waals surface area contributed by atoms with Crippen LogP contribution >= 0.6 is 11.6 Å². The van der Waals surface area contributed by atoms with E-state index in [0.29, 0.717) is 11.4 Å². The van der Waals surface area contributed by atoms with E-state index in [1.54, 1.807) is 7.05 Å². The summed E-state index contributed by atoms with van der Waals surface area (Å²) in [5, 5.41) is 2.17. The molecular formula is C14H17ClN2O2. The molecule has 5 heteroatoms. The van der Waals surface area contributed by atoms with Crippen LogP contribution in [0.5, 0.6) is 0 Å². The molecule has 0 saturated heterocycles. The lowest BCUT2D eigenvalue weighted by molar-refractivity contribution is -0.0755. The van der Waals surface area contributed by atoms with Gasteiger partial charge in [0.1, 0.15) is 0 Å². The summed E-state index contributed by atoms with van der Waals surface area (Å²) in [4.78, 5) is 17.2. The molecule has 0 aliphatic heterocycles. The number of nitrogens with zero attached hydrogens (tertiary/aromatic N) is 2. The third-order valence-electron chi connectivity index (χ3n) is 3.11. The highest BCUT2D eigenvalue weighted by Crippen LogP contribution is 2.22. The van der Waals surface area contributed by atoms with Crippen LogP contribution in [0.4, 0.5) is 0 Å². The molecule has 1 heterocycles. The normalized spacial score (nSPS) is 10.9. The summed E-state index contributed by atoms with van der Waals surface area (Å²) in [5.41, 5.74) is 1.69. The number of aromatic nitrogens is 1. The zero-order valence-electron chi connectivity index (χ0n) is 11.1. The highest BCUT2D eigenvalue weighted by molar-refractivity contribution is 6.17. The number of carbonyl (C=O) groups excluding carboxylic acids is 1. The van der Waals surface area contributed by atoms with Crippen LogP contribution in [0.15, 0.2) is 30.5 Å². The molecule has 4 nitrogen and oxygen atoms in total. The van der Waals surface area contributed by atoms with Crippen LogP contribution in [0.1, 0.15) is 16.8 Å². The summed E-state index contributed by atoms with van der Waals surface area (Å²) in [5.74, 6) is 0.455. The molecule has 0 atom stereocenters. The third-order valence-corrected chi connectivity index (χ3v) is 3.38. The first-order valence-electron chi connectivity index (χ1n) is 6.15. The number of aryl methyl sites for hydroxylation is 1. The minimum Gasteiger partial charge on any atom is -0.347 e. The van der Waals surface area contributed by atoms with Gasteiger partial charge in [-0.15, -0.1) is 11.6 Å². The van der Waals surface area contributed by atoms with Crippen molar-refractivity contribution < 1.29 is 9.63 Å². The minimum atomic E-state index is -0.150. The van der Waals surface area contributed by atoms with Gasteiger partial charge in [0.15, 0.2) is 0 Å². The first-order valence-corrected chi connectivity index (χ1v) is 6.68. The number of hydrogen-bond donors (Lipinski definition) is 0. The van der Waals surface area contributed by atoms with Gasteiger partial charge in [-0.3, -0.25) is 9.63 Å². The van der Waals surface area contributed by atoms with Crippen molar-refractivity contribution in [3.05, 3.63) is 36.0 Å². The van der Waals surface area contributed by atoms with Gasteiger partial charge in [-0.1, -0.05) is 18.2 Å². The average molecular weight is 281 g/mol. The van der Waals surface area contributed by atoms with Crippen molar-refractivity contribution in [2.24, 2.45) is 0 Å². The molecule has 0 aliphatic carbocycles. The summed E-state index contributed by atoms with van der Waals surface area (Å²) in [7, 11) is 3.08. The van der Waals surface area contributed by atoms with Gasteiger partial charge in [0.25, 0.3) is 5.91 Å². The van der Waals surface area contributed by atoms with Gasteiger partial charge in [0.2, 0.25) is 0 Å². The van der Waals surface area contributed by atoms with Gasteiger partial charge in [-0.05, 0) is 12.5 Å². The molecule has 0 saturated carbocycles. The summed E-state index contributed by atoms with van der Waals surface area (Å²) in [6.45, 7) is 0.800. The summed E-state index contributed by atoms with van der Waals surface area (Å²) >= 11 is 5.74. The minimum absolute atomic E-state index is 0.150. The standard InChI is InChI=1S/C14H17ClN2O2/c1-16(19-2)14(18)12-10-17(9-5-8-15)13-7-4-3-6-11(12)13/h3-4,6-7,10H,5,8-9H2,1-2H3. The molecule has 0 spiro atoms. The Balaban J connectivity index is 2.46. The van der Waals surface area contributed by atoms with Crippen LogP contribution in [0.25, 0.3) is 10.9 Å². The first-order chi connectivity index (χ1) is 9.19. The van der Waals surface area contributed by atoms with Gasteiger partial charge in [-0.2, -0.15) is 0 Å². The van der Waals surface area contributed by atoms with Crippen molar-refractivity contribution >= 4 is 28.4 Å². The predicted octanol–water partition coefficient (Wildman–Crippen LogP) is 2.90. The Morgan fingerprint density at radius 3 is 2.84 bits per heavy atom. The van der Waals surface area contributed by atoms with E-state index in [0.717, 1.165) is 23.9 Å². The Hall–Kier alpha value is -1.52. The van der Waals surface area contributed by atoms with Crippen molar-refractivity contribution in [2.75, 3.05) is 20.0 Å². The first kappa shape index (κ1) is 13.9. The molecule has 2 aromatic rings. The van der Waals surface area contributed by atoms with E-state index in [1.165, 1.54) is 12.2 Å². The van der Waals surface area contributed by atoms with E-state index >= 15 is 0 Å². The third kappa shape index (κ3) is 2.74. The molecule has 0 bridgehead atoms. The lowest BCUT2D eigenvalue weighted by Gasteiger charge is -2.12. The van der Waals surface area contributed by atoms with Gasteiger partial charge in [0.05, 0.1) is 12.7 Å². The number of halogens is 1. The maximum Gasteiger partial charge on any atom is 0.279 e. The van der Waals surface area contributed by atoms with E-state index < -0.39 is 0 Å². The molecule has 1 aromatic heterocycles. The lowest BCUT2D eigenvalue weighted by Crippen LogP contribution is -2.25. The number of amides is 1. The number of carbonyl (C=O) groups is 1. The Morgan fingerprint density at radius 1 is 1.42 bits per heavy atom. The number of hydrogen-bond acceptors (Lipinski definition) is 2. The quantitative estimate of drug-likeness (QED) is 0.623. The van der Waals surface area contributed by atoms with Gasteiger partial charge >= 0.3 is 0 Å². The van der Waals surface area contributed by atoms with Crippen molar-refractivity contribution in [3.63, 3.8) is 0 Å². The van der Waals surface area contributed by atoms with E-state index in [1.807, 2.05) is 30.5 Å². The van der Waals surface area contributed by atoms with Gasteiger partial charge in [-0.25, -0.2) is 5.06 Å². The zero-order valence-corrected chi connectivity index (χ0v) is 11.9. The fourth-order valence-corrected chi connectivity index (χ4v) is 2.20. The number of para-hydroxylation sites is 1. The lowest BCUT2D eigenvalue weighted by atomic mass is 10.1. The second-order valence-corrected chi connectivity index (χ2v) is 4.66. The molecule has 0 fully saturated rings. The Bertz CT molecular complexity index is 580. The van der Waals surface area contributed by atoms with Crippen LogP contribution in [-0.2, 0) is 11.4 Å². The van der Waals surface area contributed by atoms with Crippen LogP contribution < -0.4 is 0 Å². The molecular weight excluding hydrogens is 264 g/mol. The Labute approximate surface area is 117 Å². The molecule has 0 unspecified atom stereocenters. The van der Waals surface area contributed by atoms with Crippen LogP contribution in [0.3, 0.4) is 0 Å². The van der Waals surface area contributed by atoms with Crippen molar-refractivity contribution in [2.45, 2.75) is 13.0 Å². The molecule has 19 heavy (non-hydrogen) atoms. The maximum absolute atomic E-state index is 12.2. The molecule has 1 amide bonds. The summed E-state index contributed by atoms with van der Waals surface area (Å²) in [6.07, 6.45) is 2.74. The van der Waals surface area contributed by atoms with Crippen LogP contribution in [-0.4, -0.2) is 35.6 Å². The largest absolute Gasteiger partial charge is 0.347 e. The van der Waals surface area contributed by atoms with E-state index in [-0.39, 0.29) is 5.91 Å². The highest BCUT2D eigenvalue weighted by atomic mass is 35.5. The predicted molar refractivity (Wildman–Crippen MR) is 76.4 cm³/mol. The Morgan fingerprint density at radius 2 is 2.16 bits per heavy atom. The van der Waals surface area contributed by atoms with Crippen molar-refractivity contribution in [1.82, 2.24) is 9.63 Å². The number of rotatable bonds is 5.